The van der Waals surface area contributed by atoms with Crippen molar-refractivity contribution in [1.82, 2.24) is 0 Å². The van der Waals surface area contributed by atoms with Gasteiger partial charge in [0, 0.05) is 17.9 Å². The fourth-order valence-electron chi connectivity index (χ4n) is 2.58. The molecule has 0 spiro atoms. The third kappa shape index (κ3) is 2.51. The first-order valence-electron chi connectivity index (χ1n) is 6.47. The Balaban J connectivity index is 2.33. The molecule has 0 saturated heterocycles. The zero-order valence-electron chi connectivity index (χ0n) is 11.2. The molecule has 18 heavy (non-hydrogen) atoms. The van der Waals surface area contributed by atoms with E-state index in [9.17, 15) is 4.79 Å². The Labute approximate surface area is 114 Å². The van der Waals surface area contributed by atoms with Crippen molar-refractivity contribution in [3.05, 3.63) is 46.0 Å². The molecule has 2 heteroatoms. The van der Waals surface area contributed by atoms with Gasteiger partial charge < -0.3 is 0 Å². The molecule has 0 amide bonds. The zero-order valence-corrected chi connectivity index (χ0v) is 11.9. The minimum Gasteiger partial charge on any atom is -0.295 e. The van der Waals surface area contributed by atoms with E-state index in [1.807, 2.05) is 24.3 Å². The fourth-order valence-corrected chi connectivity index (χ4v) is 2.79. The van der Waals surface area contributed by atoms with Gasteiger partial charge in [0.2, 0.25) is 0 Å². The highest BCUT2D eigenvalue weighted by Gasteiger charge is 2.28. The van der Waals surface area contributed by atoms with Gasteiger partial charge >= 0.3 is 0 Å². The summed E-state index contributed by atoms with van der Waals surface area (Å²) >= 11 is 6.17. The van der Waals surface area contributed by atoms with Crippen LogP contribution < -0.4 is 0 Å². The van der Waals surface area contributed by atoms with Crippen LogP contribution in [-0.4, -0.2) is 5.78 Å². The van der Waals surface area contributed by atoms with Crippen molar-refractivity contribution in [1.29, 1.82) is 0 Å². The van der Waals surface area contributed by atoms with Crippen LogP contribution in [0.25, 0.3) is 0 Å². The van der Waals surface area contributed by atoms with Crippen molar-refractivity contribution in [2.24, 2.45) is 11.8 Å². The third-order valence-electron chi connectivity index (χ3n) is 4.18. The quantitative estimate of drug-likeness (QED) is 0.770. The van der Waals surface area contributed by atoms with Crippen LogP contribution in [-0.2, 0) is 11.2 Å². The van der Waals surface area contributed by atoms with Crippen LogP contribution in [0, 0.1) is 11.8 Å². The molecule has 1 aromatic rings. The summed E-state index contributed by atoms with van der Waals surface area (Å²) in [6.45, 7) is 6.45. The highest BCUT2D eigenvalue weighted by Crippen LogP contribution is 2.34. The first-order valence-corrected chi connectivity index (χ1v) is 6.84. The Morgan fingerprint density at radius 1 is 1.28 bits per heavy atom. The molecule has 1 nitrogen and oxygen atoms in total. The average Bonchev–Trinajstić information content (AvgIpc) is 2.34. The Morgan fingerprint density at radius 2 is 1.94 bits per heavy atom. The van der Waals surface area contributed by atoms with Gasteiger partial charge in [-0.25, -0.2) is 0 Å². The molecular formula is C16H19ClO. The van der Waals surface area contributed by atoms with Gasteiger partial charge in [-0.2, -0.15) is 0 Å². The summed E-state index contributed by atoms with van der Waals surface area (Å²) in [5.74, 6) is 1.23. The molecule has 0 aliphatic heterocycles. The van der Waals surface area contributed by atoms with Gasteiger partial charge in [0.25, 0.3) is 0 Å². The van der Waals surface area contributed by atoms with E-state index in [1.165, 1.54) is 5.57 Å². The maximum atomic E-state index is 12.2. The van der Waals surface area contributed by atoms with Gasteiger partial charge in [0.1, 0.15) is 0 Å². The van der Waals surface area contributed by atoms with Gasteiger partial charge in [-0.1, -0.05) is 49.2 Å². The smallest absolute Gasteiger partial charge is 0.159 e. The second kappa shape index (κ2) is 5.27. The van der Waals surface area contributed by atoms with Crippen molar-refractivity contribution in [3.8, 4) is 0 Å². The summed E-state index contributed by atoms with van der Waals surface area (Å²) in [4.78, 5) is 12.2. The van der Waals surface area contributed by atoms with E-state index in [1.54, 1.807) is 0 Å². The van der Waals surface area contributed by atoms with E-state index in [-0.39, 0.29) is 5.78 Å². The van der Waals surface area contributed by atoms with Crippen molar-refractivity contribution in [2.45, 2.75) is 33.6 Å². The minimum atomic E-state index is 0.290. The van der Waals surface area contributed by atoms with E-state index in [4.69, 9.17) is 11.6 Å². The van der Waals surface area contributed by atoms with Crippen molar-refractivity contribution in [3.63, 3.8) is 0 Å². The molecule has 1 aromatic carbocycles. The Kier molecular flexibility index (Phi) is 3.91. The monoisotopic (exact) mass is 262 g/mol. The second-order valence-electron chi connectivity index (χ2n) is 5.32. The predicted octanol–water partition coefficient (Wildman–Crippen LogP) is 4.44. The Hall–Kier alpha value is -1.08. The number of hydrogen-bond acceptors (Lipinski definition) is 1. The normalized spacial score (nSPS) is 24.6. The molecule has 2 unspecified atom stereocenters. The number of halogens is 1. The van der Waals surface area contributed by atoms with Crippen LogP contribution in [0.2, 0.25) is 5.02 Å². The SMILES string of the molecule is CC1=C(Cc2ccccc2Cl)C(=O)CC(C)C1C. The van der Waals surface area contributed by atoms with E-state index in [2.05, 4.69) is 20.8 Å². The Morgan fingerprint density at radius 3 is 2.61 bits per heavy atom. The summed E-state index contributed by atoms with van der Waals surface area (Å²) in [7, 11) is 0. The van der Waals surface area contributed by atoms with E-state index in [0.717, 1.165) is 16.2 Å². The fraction of sp³-hybridized carbons (Fsp3) is 0.438. The largest absolute Gasteiger partial charge is 0.295 e. The number of carbonyl (C=O) groups excluding carboxylic acids is 1. The molecule has 0 aromatic heterocycles. The van der Waals surface area contributed by atoms with Gasteiger partial charge in [-0.3, -0.25) is 4.79 Å². The summed E-state index contributed by atoms with van der Waals surface area (Å²) in [6.07, 6.45) is 1.33. The standard InChI is InChI=1S/C16H19ClO/c1-10-8-16(18)14(12(3)11(10)2)9-13-6-4-5-7-15(13)17/h4-7,10-11H,8-9H2,1-3H3. The van der Waals surface area contributed by atoms with Crippen molar-refractivity contribution in [2.75, 3.05) is 0 Å². The number of benzene rings is 1. The number of hydrogen-bond donors (Lipinski definition) is 0. The maximum Gasteiger partial charge on any atom is 0.159 e. The number of Topliss-reactive ketones (excluding diaryl/α,β-unsaturated/α-hetero) is 1. The number of rotatable bonds is 2. The van der Waals surface area contributed by atoms with Crippen molar-refractivity contribution < 1.29 is 4.79 Å². The van der Waals surface area contributed by atoms with Crippen LogP contribution in [0.15, 0.2) is 35.4 Å². The average molecular weight is 263 g/mol. The molecule has 0 saturated carbocycles. The second-order valence-corrected chi connectivity index (χ2v) is 5.73. The van der Waals surface area contributed by atoms with Crippen LogP contribution in [0.3, 0.4) is 0 Å². The lowest BCUT2D eigenvalue weighted by Gasteiger charge is -2.28. The van der Waals surface area contributed by atoms with Gasteiger partial charge in [-0.05, 0) is 36.0 Å². The minimum absolute atomic E-state index is 0.290. The molecule has 96 valence electrons. The molecule has 1 aliphatic rings. The van der Waals surface area contributed by atoms with E-state index in [0.29, 0.717) is 24.7 Å². The number of carbonyl (C=O) groups is 1. The van der Waals surface area contributed by atoms with Crippen LogP contribution in [0.1, 0.15) is 32.8 Å². The molecule has 2 atom stereocenters. The summed E-state index contributed by atoms with van der Waals surface area (Å²) < 4.78 is 0. The maximum absolute atomic E-state index is 12.2. The molecule has 0 heterocycles. The molecule has 0 N–H and O–H groups in total. The first kappa shape index (κ1) is 13.4. The summed E-state index contributed by atoms with van der Waals surface area (Å²) in [5, 5.41) is 0.747. The summed E-state index contributed by atoms with van der Waals surface area (Å²) in [5.41, 5.74) is 3.25. The van der Waals surface area contributed by atoms with Gasteiger partial charge in [-0.15, -0.1) is 0 Å². The lowest BCUT2D eigenvalue weighted by atomic mass is 9.75. The first-order chi connectivity index (χ1) is 8.50. The Bertz CT molecular complexity index is 502. The molecule has 0 fully saturated rings. The predicted molar refractivity (Wildman–Crippen MR) is 75.8 cm³/mol. The van der Waals surface area contributed by atoms with Gasteiger partial charge in [0.15, 0.2) is 5.78 Å². The molecule has 2 rings (SSSR count). The van der Waals surface area contributed by atoms with E-state index >= 15 is 0 Å². The highest BCUT2D eigenvalue weighted by atomic mass is 35.5. The summed E-state index contributed by atoms with van der Waals surface area (Å²) in [6, 6.07) is 7.77. The van der Waals surface area contributed by atoms with Gasteiger partial charge in [0.05, 0.1) is 0 Å². The van der Waals surface area contributed by atoms with Crippen LogP contribution >= 0.6 is 11.6 Å². The third-order valence-corrected chi connectivity index (χ3v) is 4.55. The topological polar surface area (TPSA) is 17.1 Å². The number of allylic oxidation sites excluding steroid dienone is 2. The molecular weight excluding hydrogens is 244 g/mol. The molecule has 1 aliphatic carbocycles. The van der Waals surface area contributed by atoms with E-state index < -0.39 is 0 Å². The lowest BCUT2D eigenvalue weighted by Crippen LogP contribution is -2.24. The highest BCUT2D eigenvalue weighted by molar-refractivity contribution is 6.31. The van der Waals surface area contributed by atoms with Crippen molar-refractivity contribution >= 4 is 17.4 Å². The van der Waals surface area contributed by atoms with Crippen LogP contribution in [0.5, 0.6) is 0 Å². The molecule has 0 radical (unpaired) electrons. The zero-order chi connectivity index (χ0) is 13.3. The number of ketones is 1. The van der Waals surface area contributed by atoms with Crippen LogP contribution in [0.4, 0.5) is 0 Å². The lowest BCUT2D eigenvalue weighted by molar-refractivity contribution is -0.117. The molecule has 0 bridgehead atoms.